The number of methoxy groups -OCH3 is 2. The van der Waals surface area contributed by atoms with Crippen molar-refractivity contribution in [1.82, 2.24) is 20.4 Å². The largest absolute Gasteiger partial charge is 0.493 e. The maximum absolute atomic E-state index is 12.0. The number of ether oxygens (including phenoxy) is 2. The van der Waals surface area contributed by atoms with Crippen molar-refractivity contribution in [2.24, 2.45) is 0 Å². The van der Waals surface area contributed by atoms with E-state index in [1.807, 2.05) is 24.3 Å². The van der Waals surface area contributed by atoms with E-state index in [1.165, 1.54) is 0 Å². The van der Waals surface area contributed by atoms with Crippen LogP contribution in [-0.4, -0.2) is 35.3 Å². The molecule has 0 saturated heterocycles. The fraction of sp³-hybridized carbons (Fsp3) is 0.263. The lowest BCUT2D eigenvalue weighted by molar-refractivity contribution is -0.121. The molecular formula is C19H20N4O4. The Morgan fingerprint density at radius 1 is 1.15 bits per heavy atom. The molecule has 8 nitrogen and oxygen atoms in total. The third kappa shape index (κ3) is 4.81. The van der Waals surface area contributed by atoms with Crippen LogP contribution in [0.4, 0.5) is 0 Å². The van der Waals surface area contributed by atoms with Crippen LogP contribution in [0.5, 0.6) is 11.5 Å². The summed E-state index contributed by atoms with van der Waals surface area (Å²) in [6.07, 6.45) is 2.30. The number of nitrogens with one attached hydrogen (secondary N) is 1. The zero-order valence-corrected chi connectivity index (χ0v) is 15.1. The highest BCUT2D eigenvalue weighted by molar-refractivity contribution is 5.76. The smallest absolute Gasteiger partial charge is 0.227 e. The summed E-state index contributed by atoms with van der Waals surface area (Å²) in [5, 5.41) is 6.78. The van der Waals surface area contributed by atoms with Crippen molar-refractivity contribution in [3.05, 3.63) is 54.2 Å². The van der Waals surface area contributed by atoms with E-state index in [1.54, 1.807) is 32.5 Å². The first-order valence-corrected chi connectivity index (χ1v) is 8.41. The number of pyridine rings is 1. The zero-order valence-electron chi connectivity index (χ0n) is 15.1. The Kier molecular flexibility index (Phi) is 5.98. The summed E-state index contributed by atoms with van der Waals surface area (Å²) in [5.41, 5.74) is 1.54. The Morgan fingerprint density at radius 3 is 2.74 bits per heavy atom. The molecule has 3 aromatic rings. The van der Waals surface area contributed by atoms with Crippen molar-refractivity contribution in [2.45, 2.75) is 19.4 Å². The van der Waals surface area contributed by atoms with Crippen molar-refractivity contribution in [2.75, 3.05) is 14.2 Å². The van der Waals surface area contributed by atoms with E-state index < -0.39 is 0 Å². The fourth-order valence-corrected chi connectivity index (χ4v) is 2.45. The first-order chi connectivity index (χ1) is 13.2. The van der Waals surface area contributed by atoms with Gasteiger partial charge in [-0.25, -0.2) is 0 Å². The number of hydrogen-bond acceptors (Lipinski definition) is 7. The van der Waals surface area contributed by atoms with Gasteiger partial charge in [0.15, 0.2) is 11.5 Å². The van der Waals surface area contributed by atoms with Gasteiger partial charge in [-0.1, -0.05) is 11.2 Å². The average molecular weight is 368 g/mol. The molecule has 0 aliphatic carbocycles. The molecule has 3 rings (SSSR count). The molecule has 0 spiro atoms. The molecule has 27 heavy (non-hydrogen) atoms. The van der Waals surface area contributed by atoms with Gasteiger partial charge in [-0.3, -0.25) is 9.78 Å². The monoisotopic (exact) mass is 368 g/mol. The molecule has 0 aliphatic rings. The SMILES string of the molecule is COc1ccc(-c2noc(CCC(=O)NCc3ccccn3)n2)cc1OC. The first-order valence-electron chi connectivity index (χ1n) is 8.41. The molecule has 0 saturated carbocycles. The summed E-state index contributed by atoms with van der Waals surface area (Å²) in [6.45, 7) is 0.389. The predicted octanol–water partition coefficient (Wildman–Crippen LogP) is 2.40. The van der Waals surface area contributed by atoms with Crippen molar-refractivity contribution in [3.63, 3.8) is 0 Å². The highest BCUT2D eigenvalue weighted by atomic mass is 16.5. The molecular weight excluding hydrogens is 348 g/mol. The molecule has 0 radical (unpaired) electrons. The van der Waals surface area contributed by atoms with Crippen LogP contribution < -0.4 is 14.8 Å². The summed E-state index contributed by atoms with van der Waals surface area (Å²) in [4.78, 5) is 20.5. The maximum Gasteiger partial charge on any atom is 0.227 e. The zero-order chi connectivity index (χ0) is 19.1. The van der Waals surface area contributed by atoms with Crippen LogP contribution in [0.1, 0.15) is 18.0 Å². The number of carbonyl (C=O) groups excluding carboxylic acids is 1. The van der Waals surface area contributed by atoms with Crippen molar-refractivity contribution in [1.29, 1.82) is 0 Å². The Morgan fingerprint density at radius 2 is 2.00 bits per heavy atom. The summed E-state index contributed by atoms with van der Waals surface area (Å²) in [5.74, 6) is 1.92. The van der Waals surface area contributed by atoms with Crippen LogP contribution in [0.2, 0.25) is 0 Å². The minimum Gasteiger partial charge on any atom is -0.493 e. The molecule has 0 atom stereocenters. The molecule has 140 valence electrons. The van der Waals surface area contributed by atoms with Gasteiger partial charge in [-0.2, -0.15) is 4.98 Å². The number of rotatable bonds is 8. The molecule has 2 aromatic heterocycles. The Labute approximate surface area is 156 Å². The number of carbonyl (C=O) groups is 1. The van der Waals surface area contributed by atoms with Gasteiger partial charge in [0.2, 0.25) is 17.6 Å². The van der Waals surface area contributed by atoms with E-state index in [-0.39, 0.29) is 12.3 Å². The number of hydrogen-bond donors (Lipinski definition) is 1. The summed E-state index contributed by atoms with van der Waals surface area (Å²) < 4.78 is 15.7. The van der Waals surface area contributed by atoms with Gasteiger partial charge >= 0.3 is 0 Å². The van der Waals surface area contributed by atoms with Crippen molar-refractivity contribution >= 4 is 5.91 Å². The third-order valence-corrected chi connectivity index (χ3v) is 3.87. The lowest BCUT2D eigenvalue weighted by atomic mass is 10.2. The van der Waals surface area contributed by atoms with Crippen LogP contribution in [0.25, 0.3) is 11.4 Å². The van der Waals surface area contributed by atoms with E-state index >= 15 is 0 Å². The molecule has 1 N–H and O–H groups in total. The Hall–Kier alpha value is -3.42. The van der Waals surface area contributed by atoms with Gasteiger partial charge in [-0.05, 0) is 30.3 Å². The Balaban J connectivity index is 1.55. The summed E-state index contributed by atoms with van der Waals surface area (Å²) in [7, 11) is 3.13. The average Bonchev–Trinajstić information content (AvgIpc) is 3.20. The van der Waals surface area contributed by atoms with Gasteiger partial charge in [0.1, 0.15) is 0 Å². The molecule has 8 heteroatoms. The number of aromatic nitrogens is 3. The van der Waals surface area contributed by atoms with Crippen molar-refractivity contribution in [3.8, 4) is 22.9 Å². The second kappa shape index (κ2) is 8.79. The maximum atomic E-state index is 12.0. The lowest BCUT2D eigenvalue weighted by Gasteiger charge is -2.07. The predicted molar refractivity (Wildman–Crippen MR) is 97.2 cm³/mol. The van der Waals surface area contributed by atoms with Crippen LogP contribution >= 0.6 is 0 Å². The first kappa shape index (κ1) is 18.4. The number of benzene rings is 1. The molecule has 1 aromatic carbocycles. The van der Waals surface area contributed by atoms with Gasteiger partial charge in [0.05, 0.1) is 26.5 Å². The quantitative estimate of drug-likeness (QED) is 0.652. The molecule has 2 heterocycles. The highest BCUT2D eigenvalue weighted by Crippen LogP contribution is 2.31. The topological polar surface area (TPSA) is 99.4 Å². The summed E-state index contributed by atoms with van der Waals surface area (Å²) >= 11 is 0. The second-order valence-electron chi connectivity index (χ2n) is 5.68. The van der Waals surface area contributed by atoms with Crippen LogP contribution in [0.15, 0.2) is 47.1 Å². The molecule has 0 bridgehead atoms. The van der Waals surface area contributed by atoms with Crippen LogP contribution in [-0.2, 0) is 17.8 Å². The van der Waals surface area contributed by atoms with E-state index in [9.17, 15) is 4.79 Å². The summed E-state index contributed by atoms with van der Waals surface area (Å²) in [6, 6.07) is 10.9. The van der Waals surface area contributed by atoms with Gasteiger partial charge < -0.3 is 19.3 Å². The van der Waals surface area contributed by atoms with Gasteiger partial charge in [-0.15, -0.1) is 0 Å². The molecule has 1 amide bonds. The van der Waals surface area contributed by atoms with Crippen LogP contribution in [0.3, 0.4) is 0 Å². The molecule has 0 fully saturated rings. The molecule has 0 unspecified atom stereocenters. The number of amides is 1. The van der Waals surface area contributed by atoms with E-state index in [0.717, 1.165) is 11.3 Å². The Bertz CT molecular complexity index is 896. The standard InChI is InChI=1S/C19H20N4O4/c1-25-15-7-6-13(11-16(15)26-2)19-22-18(27-23-19)9-8-17(24)21-12-14-5-3-4-10-20-14/h3-7,10-11H,8-9,12H2,1-2H3,(H,21,24). The minimum absolute atomic E-state index is 0.105. The third-order valence-electron chi connectivity index (χ3n) is 3.87. The normalized spacial score (nSPS) is 10.4. The number of aryl methyl sites for hydroxylation is 1. The van der Waals surface area contributed by atoms with Crippen molar-refractivity contribution < 1.29 is 18.8 Å². The minimum atomic E-state index is -0.105. The lowest BCUT2D eigenvalue weighted by Crippen LogP contribution is -2.23. The van der Waals surface area contributed by atoms with Gasteiger partial charge in [0, 0.05) is 24.6 Å². The highest BCUT2D eigenvalue weighted by Gasteiger charge is 2.13. The number of nitrogens with zero attached hydrogens (tertiary/aromatic N) is 3. The molecule has 0 aliphatic heterocycles. The van der Waals surface area contributed by atoms with Crippen LogP contribution in [0, 0.1) is 0 Å². The second-order valence-corrected chi connectivity index (χ2v) is 5.68. The fourth-order valence-electron chi connectivity index (χ4n) is 2.45. The van der Waals surface area contributed by atoms with E-state index in [4.69, 9.17) is 14.0 Å². The van der Waals surface area contributed by atoms with E-state index in [2.05, 4.69) is 20.4 Å². The van der Waals surface area contributed by atoms with E-state index in [0.29, 0.717) is 36.2 Å². The van der Waals surface area contributed by atoms with Gasteiger partial charge in [0.25, 0.3) is 0 Å².